The molecule has 1 aliphatic heterocycles. The van der Waals surface area contributed by atoms with E-state index in [9.17, 15) is 5.11 Å². The molecule has 0 aromatic carbocycles. The zero-order valence-electron chi connectivity index (χ0n) is 7.58. The van der Waals surface area contributed by atoms with E-state index in [4.69, 9.17) is 0 Å². The van der Waals surface area contributed by atoms with Crippen molar-refractivity contribution >= 4 is 11.8 Å². The van der Waals surface area contributed by atoms with Crippen molar-refractivity contribution < 1.29 is 5.11 Å². The molecular weight excluding hydrogens is 156 g/mol. The van der Waals surface area contributed by atoms with Crippen molar-refractivity contribution in [3.8, 4) is 0 Å². The molecule has 0 amide bonds. The van der Waals surface area contributed by atoms with Crippen molar-refractivity contribution in [1.29, 1.82) is 0 Å². The summed E-state index contributed by atoms with van der Waals surface area (Å²) in [5.41, 5.74) is 0. The van der Waals surface area contributed by atoms with Gasteiger partial charge in [-0.3, -0.25) is 0 Å². The van der Waals surface area contributed by atoms with Crippen molar-refractivity contribution in [2.75, 3.05) is 0 Å². The maximum Gasteiger partial charge on any atom is 0.0586 e. The van der Waals surface area contributed by atoms with E-state index in [2.05, 4.69) is 20.8 Å². The fraction of sp³-hybridized carbons (Fsp3) is 1.00. The normalized spacial score (nSPS) is 45.8. The third kappa shape index (κ3) is 2.12. The van der Waals surface area contributed by atoms with E-state index in [0.29, 0.717) is 16.4 Å². The summed E-state index contributed by atoms with van der Waals surface area (Å²) < 4.78 is 0. The molecule has 11 heavy (non-hydrogen) atoms. The van der Waals surface area contributed by atoms with Gasteiger partial charge in [0.15, 0.2) is 0 Å². The Morgan fingerprint density at radius 2 is 2.09 bits per heavy atom. The Balaban J connectivity index is 2.47. The van der Waals surface area contributed by atoms with Crippen LogP contribution in [0, 0.1) is 5.92 Å². The molecule has 0 unspecified atom stereocenters. The monoisotopic (exact) mass is 174 g/mol. The van der Waals surface area contributed by atoms with E-state index < -0.39 is 0 Å². The quantitative estimate of drug-likeness (QED) is 0.658. The van der Waals surface area contributed by atoms with Crippen molar-refractivity contribution in [1.82, 2.24) is 0 Å². The van der Waals surface area contributed by atoms with Gasteiger partial charge in [0.2, 0.25) is 0 Å². The topological polar surface area (TPSA) is 20.2 Å². The highest BCUT2D eigenvalue weighted by molar-refractivity contribution is 8.00. The van der Waals surface area contributed by atoms with Crippen molar-refractivity contribution in [2.24, 2.45) is 5.92 Å². The van der Waals surface area contributed by atoms with Crippen LogP contribution in [0.4, 0.5) is 0 Å². The molecule has 0 aromatic heterocycles. The number of aliphatic hydroxyl groups excluding tert-OH is 1. The molecule has 0 saturated carbocycles. The van der Waals surface area contributed by atoms with Crippen LogP contribution < -0.4 is 0 Å². The Morgan fingerprint density at radius 3 is 2.55 bits per heavy atom. The van der Waals surface area contributed by atoms with Crippen molar-refractivity contribution in [3.63, 3.8) is 0 Å². The maximum absolute atomic E-state index is 9.64. The van der Waals surface area contributed by atoms with Crippen LogP contribution in [-0.2, 0) is 0 Å². The van der Waals surface area contributed by atoms with E-state index in [1.807, 2.05) is 11.8 Å². The minimum absolute atomic E-state index is 0.0591. The highest BCUT2D eigenvalue weighted by atomic mass is 32.2. The number of rotatable bonds is 1. The predicted molar refractivity (Wildman–Crippen MR) is 50.9 cm³/mol. The third-order valence-electron chi connectivity index (χ3n) is 2.71. The van der Waals surface area contributed by atoms with Crippen LogP contribution in [0.1, 0.15) is 33.6 Å². The second-order valence-corrected chi connectivity index (χ2v) is 5.22. The van der Waals surface area contributed by atoms with Gasteiger partial charge >= 0.3 is 0 Å². The summed E-state index contributed by atoms with van der Waals surface area (Å²) >= 11 is 2.04. The minimum atomic E-state index is -0.0591. The van der Waals surface area contributed by atoms with Crippen LogP contribution in [0.2, 0.25) is 0 Å². The Kier molecular flexibility index (Phi) is 3.26. The molecule has 4 atom stereocenters. The second-order valence-electron chi connectivity index (χ2n) is 3.53. The van der Waals surface area contributed by atoms with Crippen LogP contribution in [0.15, 0.2) is 0 Å². The van der Waals surface area contributed by atoms with Gasteiger partial charge in [0.25, 0.3) is 0 Å². The van der Waals surface area contributed by atoms with Crippen LogP contribution in [-0.4, -0.2) is 21.7 Å². The summed E-state index contributed by atoms with van der Waals surface area (Å²) in [7, 11) is 0. The Labute approximate surface area is 73.6 Å². The predicted octanol–water partition coefficient (Wildman–Crippen LogP) is 2.29. The first-order valence-electron chi connectivity index (χ1n) is 4.48. The Bertz CT molecular complexity index is 115. The summed E-state index contributed by atoms with van der Waals surface area (Å²) in [6.07, 6.45) is 2.13. The first-order chi connectivity index (χ1) is 5.15. The molecule has 0 aliphatic carbocycles. The van der Waals surface area contributed by atoms with Crippen LogP contribution >= 0.6 is 11.8 Å². The molecule has 0 spiro atoms. The molecule has 1 nitrogen and oxygen atoms in total. The summed E-state index contributed by atoms with van der Waals surface area (Å²) in [4.78, 5) is 0. The lowest BCUT2D eigenvalue weighted by Gasteiger charge is -2.35. The molecule has 0 radical (unpaired) electrons. The van der Waals surface area contributed by atoms with Gasteiger partial charge in [0.05, 0.1) is 6.10 Å². The average Bonchev–Trinajstić information content (AvgIpc) is 1.99. The zero-order valence-corrected chi connectivity index (χ0v) is 8.40. The largest absolute Gasteiger partial charge is 0.393 e. The van der Waals surface area contributed by atoms with Gasteiger partial charge in [-0.1, -0.05) is 20.8 Å². The van der Waals surface area contributed by atoms with E-state index >= 15 is 0 Å². The molecule has 1 N–H and O–H groups in total. The van der Waals surface area contributed by atoms with Gasteiger partial charge in [-0.15, -0.1) is 0 Å². The summed E-state index contributed by atoms with van der Waals surface area (Å²) in [6, 6.07) is 0. The van der Waals surface area contributed by atoms with Gasteiger partial charge in [0.1, 0.15) is 0 Å². The van der Waals surface area contributed by atoms with E-state index in [1.54, 1.807) is 0 Å². The van der Waals surface area contributed by atoms with Crippen molar-refractivity contribution in [2.45, 2.75) is 50.2 Å². The zero-order chi connectivity index (χ0) is 8.43. The molecule has 1 heterocycles. The van der Waals surface area contributed by atoms with Crippen LogP contribution in [0.5, 0.6) is 0 Å². The smallest absolute Gasteiger partial charge is 0.0586 e. The van der Waals surface area contributed by atoms with Gasteiger partial charge in [0, 0.05) is 10.5 Å². The van der Waals surface area contributed by atoms with Gasteiger partial charge in [-0.05, 0) is 18.8 Å². The number of hydrogen-bond acceptors (Lipinski definition) is 2. The third-order valence-corrected chi connectivity index (χ3v) is 4.48. The van der Waals surface area contributed by atoms with E-state index in [-0.39, 0.29) is 6.10 Å². The summed E-state index contributed by atoms with van der Waals surface area (Å²) in [5.74, 6) is 0.475. The molecule has 2 heteroatoms. The SMILES string of the molecule is CC[C@@H]1C[C@@H](O)[C@@H](C)[C@@H](C)S1. The van der Waals surface area contributed by atoms with Gasteiger partial charge in [-0.2, -0.15) is 11.8 Å². The average molecular weight is 174 g/mol. The molecule has 1 rings (SSSR count). The molecule has 66 valence electrons. The summed E-state index contributed by atoms with van der Waals surface area (Å²) in [5, 5.41) is 11.0. The van der Waals surface area contributed by atoms with E-state index in [1.165, 1.54) is 6.42 Å². The maximum atomic E-state index is 9.64. The minimum Gasteiger partial charge on any atom is -0.393 e. The molecule has 0 aromatic rings. The fourth-order valence-electron chi connectivity index (χ4n) is 1.54. The number of aliphatic hydroxyl groups is 1. The fourth-order valence-corrected chi connectivity index (χ4v) is 3.08. The standard InChI is InChI=1S/C9H18OS/c1-4-8-5-9(10)6(2)7(3)11-8/h6-10H,4-5H2,1-3H3/t6-,7+,8+,9+/m0/s1. The summed E-state index contributed by atoms with van der Waals surface area (Å²) in [6.45, 7) is 6.57. The molecule has 0 bridgehead atoms. The van der Waals surface area contributed by atoms with Gasteiger partial charge < -0.3 is 5.11 Å². The lowest BCUT2D eigenvalue weighted by Crippen LogP contribution is -2.34. The molecule has 1 aliphatic rings. The molecule has 1 saturated heterocycles. The highest BCUT2D eigenvalue weighted by Gasteiger charge is 2.30. The van der Waals surface area contributed by atoms with Crippen molar-refractivity contribution in [3.05, 3.63) is 0 Å². The number of hydrogen-bond donors (Lipinski definition) is 1. The second kappa shape index (κ2) is 3.81. The highest BCUT2D eigenvalue weighted by Crippen LogP contribution is 2.36. The first-order valence-corrected chi connectivity index (χ1v) is 5.43. The lowest BCUT2D eigenvalue weighted by atomic mass is 9.96. The Hall–Kier alpha value is 0.310. The molecular formula is C9H18OS. The van der Waals surface area contributed by atoms with Gasteiger partial charge in [-0.25, -0.2) is 0 Å². The lowest BCUT2D eigenvalue weighted by molar-refractivity contribution is 0.101. The van der Waals surface area contributed by atoms with E-state index in [0.717, 1.165) is 6.42 Å². The van der Waals surface area contributed by atoms with Crippen LogP contribution in [0.25, 0.3) is 0 Å². The molecule has 1 fully saturated rings. The number of thioether (sulfide) groups is 1. The first kappa shape index (κ1) is 9.40. The Morgan fingerprint density at radius 1 is 1.45 bits per heavy atom. The van der Waals surface area contributed by atoms with Crippen LogP contribution in [0.3, 0.4) is 0 Å².